The topological polar surface area (TPSA) is 111 Å². The average Bonchev–Trinajstić information content (AvgIpc) is 3.09. The number of anilines is 1. The Hall–Kier alpha value is -2.89. The molecule has 2 saturated heterocycles. The molecule has 0 bridgehead atoms. The maximum absolute atomic E-state index is 13.6. The Morgan fingerprint density at radius 3 is 2.24 bits per heavy atom. The van der Waals surface area contributed by atoms with Crippen LogP contribution in [0.25, 0.3) is 0 Å². The van der Waals surface area contributed by atoms with Gasteiger partial charge in [0.15, 0.2) is 6.67 Å². The van der Waals surface area contributed by atoms with Gasteiger partial charge < -0.3 is 24.4 Å². The lowest BCUT2D eigenvalue weighted by molar-refractivity contribution is -1.02. The Morgan fingerprint density at radius 2 is 1.59 bits per heavy atom. The molecule has 0 aromatic heterocycles. The third-order valence-electron chi connectivity index (χ3n) is 7.19. The average molecular weight is 471 g/mol. The first-order chi connectivity index (χ1) is 16.5. The van der Waals surface area contributed by atoms with Crippen molar-refractivity contribution in [2.24, 2.45) is 0 Å². The summed E-state index contributed by atoms with van der Waals surface area (Å²) in [6.45, 7) is 3.81. The normalized spacial score (nSPS) is 31.0. The molecule has 2 aromatic carbocycles. The van der Waals surface area contributed by atoms with E-state index in [1.807, 2.05) is 18.2 Å². The van der Waals surface area contributed by atoms with Crippen LogP contribution in [0.2, 0.25) is 0 Å². The van der Waals surface area contributed by atoms with Crippen molar-refractivity contribution in [3.8, 4) is 0 Å². The summed E-state index contributed by atoms with van der Waals surface area (Å²) in [5, 5.41) is 21.1. The Balaban J connectivity index is 1.28. The monoisotopic (exact) mass is 470 g/mol. The summed E-state index contributed by atoms with van der Waals surface area (Å²) in [6.07, 6.45) is 0. The molecule has 1 amide bonds. The molecular weight excluding hydrogens is 440 g/mol. The van der Waals surface area contributed by atoms with E-state index in [1.165, 1.54) is 15.4 Å². The molecule has 0 radical (unpaired) electrons. The number of ether oxygens (including phenoxy) is 2. The Morgan fingerprint density at radius 1 is 0.971 bits per heavy atom. The van der Waals surface area contributed by atoms with Crippen LogP contribution in [0.3, 0.4) is 0 Å². The molecule has 0 atom stereocenters. The first kappa shape index (κ1) is 22.9. The second kappa shape index (κ2) is 9.05. The quantitative estimate of drug-likeness (QED) is 0.339. The molecule has 3 aliphatic heterocycles. The highest BCUT2D eigenvalue weighted by atomic mass is 16.7. The van der Waals surface area contributed by atoms with Gasteiger partial charge >= 0.3 is 0 Å². The number of carbonyl (C=O) groups excluding carboxylic acids is 1. The summed E-state index contributed by atoms with van der Waals surface area (Å²) in [5.41, 5.74) is 0.822. The zero-order valence-corrected chi connectivity index (χ0v) is 18.9. The number of benzene rings is 2. The van der Waals surface area contributed by atoms with E-state index < -0.39 is 36.1 Å². The SMILES string of the molecule is O=C1N(C[NH+]2CC[NH+](Cc3ccccc3)CC2)c2ccccc2C12OCC(CO)([N+](=O)[O-])CO2. The summed E-state index contributed by atoms with van der Waals surface area (Å²) in [5.74, 6) is -2.07. The van der Waals surface area contributed by atoms with E-state index in [9.17, 15) is 20.0 Å². The second-order valence-electron chi connectivity index (χ2n) is 9.40. The number of hydrogen-bond acceptors (Lipinski definition) is 6. The van der Waals surface area contributed by atoms with Crippen LogP contribution in [0.4, 0.5) is 5.69 Å². The van der Waals surface area contributed by atoms with Crippen LogP contribution in [0.15, 0.2) is 54.6 Å². The third-order valence-corrected chi connectivity index (χ3v) is 7.19. The number of aliphatic hydroxyl groups is 1. The molecule has 0 unspecified atom stereocenters. The predicted molar refractivity (Wildman–Crippen MR) is 121 cm³/mol. The van der Waals surface area contributed by atoms with Crippen LogP contribution >= 0.6 is 0 Å². The Kier molecular flexibility index (Phi) is 6.09. The van der Waals surface area contributed by atoms with Crippen LogP contribution < -0.4 is 14.7 Å². The molecule has 10 heteroatoms. The molecule has 2 aromatic rings. The smallest absolute Gasteiger partial charge is 0.296 e. The number of fused-ring (bicyclic) bond motifs is 2. The molecule has 180 valence electrons. The summed E-state index contributed by atoms with van der Waals surface area (Å²) in [4.78, 5) is 29.0. The van der Waals surface area contributed by atoms with Crippen molar-refractivity contribution in [3.63, 3.8) is 0 Å². The molecule has 34 heavy (non-hydrogen) atoms. The summed E-state index contributed by atoms with van der Waals surface area (Å²) < 4.78 is 11.6. The first-order valence-electron chi connectivity index (χ1n) is 11.6. The van der Waals surface area contributed by atoms with Crippen LogP contribution in [0, 0.1) is 10.1 Å². The van der Waals surface area contributed by atoms with Crippen molar-refractivity contribution in [1.82, 2.24) is 0 Å². The number of aliphatic hydroxyl groups excluding tert-OH is 1. The fourth-order valence-corrected chi connectivity index (χ4v) is 5.04. The van der Waals surface area contributed by atoms with Gasteiger partial charge in [-0.1, -0.05) is 48.5 Å². The number of carbonyl (C=O) groups is 1. The van der Waals surface area contributed by atoms with Crippen molar-refractivity contribution in [3.05, 3.63) is 75.8 Å². The van der Waals surface area contributed by atoms with Crippen LogP contribution in [-0.4, -0.2) is 74.1 Å². The van der Waals surface area contributed by atoms with Gasteiger partial charge in [0.2, 0.25) is 0 Å². The fraction of sp³-hybridized carbons (Fsp3) is 0.458. The largest absolute Gasteiger partial charge is 0.389 e. The van der Waals surface area contributed by atoms with Crippen molar-refractivity contribution >= 4 is 11.6 Å². The van der Waals surface area contributed by atoms with Gasteiger partial charge in [0.25, 0.3) is 17.2 Å². The van der Waals surface area contributed by atoms with E-state index in [0.29, 0.717) is 17.9 Å². The van der Waals surface area contributed by atoms with Gasteiger partial charge in [-0.15, -0.1) is 0 Å². The number of piperazine rings is 1. The van der Waals surface area contributed by atoms with E-state index in [1.54, 1.807) is 17.0 Å². The molecule has 1 spiro atoms. The van der Waals surface area contributed by atoms with E-state index >= 15 is 0 Å². The summed E-state index contributed by atoms with van der Waals surface area (Å²) in [7, 11) is 0. The highest BCUT2D eigenvalue weighted by Gasteiger charge is 2.62. The second-order valence-corrected chi connectivity index (χ2v) is 9.40. The zero-order chi connectivity index (χ0) is 23.8. The molecule has 2 fully saturated rings. The number of hydrogen-bond donors (Lipinski definition) is 3. The van der Waals surface area contributed by atoms with Crippen molar-refractivity contribution < 1.29 is 34.1 Å². The number of rotatable bonds is 6. The van der Waals surface area contributed by atoms with Gasteiger partial charge in [0.1, 0.15) is 52.5 Å². The van der Waals surface area contributed by atoms with Gasteiger partial charge in [-0.3, -0.25) is 19.8 Å². The molecule has 3 heterocycles. The van der Waals surface area contributed by atoms with Gasteiger partial charge in [0.05, 0.1) is 5.69 Å². The standard InChI is InChI=1S/C24H28N4O6/c29-15-23(28(31)32)16-33-24(34-17-23)20-8-4-5-9-21(20)27(22(24)30)18-26-12-10-25(11-13-26)14-19-6-2-1-3-7-19/h1-9,29H,10-18H2/p+2. The van der Waals surface area contributed by atoms with Crippen molar-refractivity contribution in [2.75, 3.05) is 57.6 Å². The van der Waals surface area contributed by atoms with E-state index in [2.05, 4.69) is 24.3 Å². The molecule has 0 aliphatic carbocycles. The Labute approximate surface area is 197 Å². The van der Waals surface area contributed by atoms with Gasteiger partial charge in [0, 0.05) is 16.1 Å². The van der Waals surface area contributed by atoms with E-state index in [4.69, 9.17) is 9.47 Å². The highest BCUT2D eigenvalue weighted by Crippen LogP contribution is 2.46. The first-order valence-corrected chi connectivity index (χ1v) is 11.6. The van der Waals surface area contributed by atoms with E-state index in [-0.39, 0.29) is 5.91 Å². The summed E-state index contributed by atoms with van der Waals surface area (Å²) in [6, 6.07) is 17.7. The molecule has 3 N–H and O–H groups in total. The lowest BCUT2D eigenvalue weighted by atomic mass is 10.00. The number of amides is 1. The maximum atomic E-state index is 13.6. The maximum Gasteiger partial charge on any atom is 0.296 e. The number of para-hydroxylation sites is 1. The predicted octanol–water partition coefficient (Wildman–Crippen LogP) is -1.82. The van der Waals surface area contributed by atoms with Crippen LogP contribution in [-0.2, 0) is 26.6 Å². The van der Waals surface area contributed by atoms with Gasteiger partial charge in [-0.2, -0.15) is 0 Å². The van der Waals surface area contributed by atoms with Crippen LogP contribution in [0.1, 0.15) is 11.1 Å². The third kappa shape index (κ3) is 3.87. The van der Waals surface area contributed by atoms with Crippen LogP contribution in [0.5, 0.6) is 0 Å². The molecule has 5 rings (SSSR count). The van der Waals surface area contributed by atoms with Gasteiger partial charge in [-0.25, -0.2) is 0 Å². The highest BCUT2D eigenvalue weighted by molar-refractivity contribution is 6.05. The minimum Gasteiger partial charge on any atom is -0.389 e. The van der Waals surface area contributed by atoms with Gasteiger partial charge in [-0.05, 0) is 6.07 Å². The Bertz CT molecular complexity index is 1050. The minimum absolute atomic E-state index is 0.366. The fourth-order valence-electron chi connectivity index (χ4n) is 5.04. The minimum atomic E-state index is -1.77. The summed E-state index contributed by atoms with van der Waals surface area (Å²) >= 11 is 0. The molecule has 0 saturated carbocycles. The molecular formula is C24H30N4O6+2. The van der Waals surface area contributed by atoms with Crippen molar-refractivity contribution in [1.29, 1.82) is 0 Å². The lowest BCUT2D eigenvalue weighted by Crippen LogP contribution is -3.28. The van der Waals surface area contributed by atoms with E-state index in [0.717, 1.165) is 32.7 Å². The number of nitrogens with one attached hydrogen (secondary N) is 2. The number of quaternary nitrogens is 2. The van der Waals surface area contributed by atoms with Crippen molar-refractivity contribution in [2.45, 2.75) is 17.9 Å². The molecule has 10 nitrogen and oxygen atoms in total. The number of nitrogens with zero attached hydrogens (tertiary/aromatic N) is 2. The number of nitro groups is 1. The molecule has 3 aliphatic rings. The zero-order valence-electron chi connectivity index (χ0n) is 18.9. The lowest BCUT2D eigenvalue weighted by Gasteiger charge is -2.38.